The van der Waals surface area contributed by atoms with Crippen LogP contribution in [0, 0.1) is 11.3 Å². The van der Waals surface area contributed by atoms with Gasteiger partial charge in [-0.15, -0.1) is 11.3 Å². The van der Waals surface area contributed by atoms with E-state index in [1.165, 1.54) is 21.3 Å². The lowest BCUT2D eigenvalue weighted by atomic mass is 9.83. The van der Waals surface area contributed by atoms with E-state index in [1.807, 2.05) is 0 Å². The number of ether oxygens (including phenoxy) is 3. The molecule has 1 aliphatic heterocycles. The normalized spacial score (nSPS) is 14.6. The Labute approximate surface area is 222 Å². The summed E-state index contributed by atoms with van der Waals surface area (Å²) in [5, 5.41) is 12.9. The van der Waals surface area contributed by atoms with Crippen molar-refractivity contribution in [2.45, 2.75) is 13.3 Å². The molecule has 2 heterocycles. The summed E-state index contributed by atoms with van der Waals surface area (Å²) < 4.78 is 16.4. The van der Waals surface area contributed by atoms with E-state index in [0.717, 1.165) is 22.0 Å². The number of hydrogen-bond donors (Lipinski definition) is 2. The first-order valence-corrected chi connectivity index (χ1v) is 11.7. The second-order valence-electron chi connectivity index (χ2n) is 7.80. The zero-order chi connectivity index (χ0) is 26.7. The van der Waals surface area contributed by atoms with E-state index in [4.69, 9.17) is 15.2 Å². The van der Waals surface area contributed by atoms with Gasteiger partial charge < -0.3 is 25.3 Å². The third-order valence-corrected chi connectivity index (χ3v) is 6.85. The summed E-state index contributed by atoms with van der Waals surface area (Å²) in [4.78, 5) is 38.9. The molecule has 1 atom stereocenters. The molecule has 0 fully saturated rings. The molecule has 0 bridgehead atoms. The Hall–Kier alpha value is -4.82. The minimum Gasteiger partial charge on any atom is -0.497 e. The molecular weight excluding hydrogens is 508 g/mol. The van der Waals surface area contributed by atoms with Gasteiger partial charge >= 0.3 is 5.97 Å². The van der Waals surface area contributed by atoms with Gasteiger partial charge in [0.2, 0.25) is 0 Å². The molecule has 1 amide bonds. The van der Waals surface area contributed by atoms with Gasteiger partial charge in [0.25, 0.3) is 11.5 Å². The number of methoxy groups -OCH3 is 3. The molecule has 1 aliphatic rings. The number of carbonyl (C=O) groups excluding carboxylic acids is 2. The van der Waals surface area contributed by atoms with Crippen molar-refractivity contribution in [2.24, 2.45) is 5.73 Å². The quantitative estimate of drug-likeness (QED) is 0.455. The van der Waals surface area contributed by atoms with Crippen molar-refractivity contribution in [1.82, 2.24) is 4.57 Å². The van der Waals surface area contributed by atoms with Crippen molar-refractivity contribution in [3.8, 4) is 17.6 Å². The molecule has 3 aromatic rings. The van der Waals surface area contributed by atoms with Crippen molar-refractivity contribution in [3.05, 3.63) is 79.2 Å². The SMILES string of the molecule is C.COC(=O)/C=c1\sc2n(c1=O)C(N)=C(C#N)C(c1cccc(OC)c1)C=2C(=O)Nc1ccc(OC)cc1. The van der Waals surface area contributed by atoms with E-state index in [-0.39, 0.29) is 33.6 Å². The van der Waals surface area contributed by atoms with E-state index in [1.54, 1.807) is 48.5 Å². The van der Waals surface area contributed by atoms with Gasteiger partial charge in [0.1, 0.15) is 26.5 Å². The average molecular weight is 535 g/mol. The summed E-state index contributed by atoms with van der Waals surface area (Å²) in [6.45, 7) is 0. The number of carbonyl (C=O) groups is 2. The number of nitrogens with zero attached hydrogens (tertiary/aromatic N) is 2. The minimum absolute atomic E-state index is 0. The predicted octanol–water partition coefficient (Wildman–Crippen LogP) is 1.75. The number of anilines is 1. The van der Waals surface area contributed by atoms with Crippen LogP contribution in [0.15, 0.2) is 58.9 Å². The number of allylic oxidation sites excluding steroid dienone is 1. The second kappa shape index (κ2) is 11.5. The third-order valence-electron chi connectivity index (χ3n) is 5.74. The van der Waals surface area contributed by atoms with Gasteiger partial charge in [-0.1, -0.05) is 19.6 Å². The number of rotatable bonds is 6. The summed E-state index contributed by atoms with van der Waals surface area (Å²) in [6, 6.07) is 15.6. The molecule has 38 heavy (non-hydrogen) atoms. The second-order valence-corrected chi connectivity index (χ2v) is 8.83. The third kappa shape index (κ3) is 5.02. The van der Waals surface area contributed by atoms with Crippen LogP contribution in [-0.2, 0) is 14.3 Å². The van der Waals surface area contributed by atoms with E-state index in [9.17, 15) is 19.6 Å². The molecule has 11 heteroatoms. The standard InChI is InChI=1S/C26H22N4O6S.CH4/c1-34-16-9-7-15(8-10-16)29-24(32)22-21(14-5-4-6-17(11-14)35-2)18(13-27)23(28)30-25(33)19(37-26(22)30)12-20(31)36-3;/h4-12,21H,28H2,1-3H3,(H,29,32);1H4/b19-12-;. The molecule has 0 saturated heterocycles. The maximum atomic E-state index is 13.8. The Morgan fingerprint density at radius 2 is 1.79 bits per heavy atom. The van der Waals surface area contributed by atoms with Crippen molar-refractivity contribution < 1.29 is 23.8 Å². The first kappa shape index (κ1) is 27.8. The Kier molecular flexibility index (Phi) is 8.39. The highest BCUT2D eigenvalue weighted by Crippen LogP contribution is 2.37. The van der Waals surface area contributed by atoms with Crippen LogP contribution in [0.25, 0.3) is 17.5 Å². The highest BCUT2D eigenvalue weighted by atomic mass is 32.1. The number of amides is 1. The van der Waals surface area contributed by atoms with E-state index >= 15 is 0 Å². The first-order chi connectivity index (χ1) is 17.8. The molecule has 2 aromatic carbocycles. The van der Waals surface area contributed by atoms with Crippen molar-refractivity contribution >= 4 is 46.4 Å². The predicted molar refractivity (Wildman–Crippen MR) is 145 cm³/mol. The smallest absolute Gasteiger partial charge is 0.332 e. The van der Waals surface area contributed by atoms with Crippen LogP contribution in [0.2, 0.25) is 0 Å². The van der Waals surface area contributed by atoms with Crippen molar-refractivity contribution in [2.75, 3.05) is 26.6 Å². The van der Waals surface area contributed by atoms with Crippen LogP contribution in [0.5, 0.6) is 11.5 Å². The van der Waals surface area contributed by atoms with Gasteiger partial charge in [-0.25, -0.2) is 4.79 Å². The summed E-state index contributed by atoms with van der Waals surface area (Å²) in [5.41, 5.74) is 6.83. The summed E-state index contributed by atoms with van der Waals surface area (Å²) in [5.74, 6) is -1.22. The van der Waals surface area contributed by atoms with Crippen LogP contribution in [0.1, 0.15) is 18.9 Å². The number of nitrogens with one attached hydrogen (secondary N) is 1. The molecule has 3 N–H and O–H groups in total. The lowest BCUT2D eigenvalue weighted by Crippen LogP contribution is -2.40. The lowest BCUT2D eigenvalue weighted by Gasteiger charge is -2.25. The fraction of sp³-hybridized carbons (Fsp3) is 0.185. The summed E-state index contributed by atoms with van der Waals surface area (Å²) >= 11 is 0.905. The van der Waals surface area contributed by atoms with Gasteiger partial charge in [-0.05, 0) is 42.0 Å². The number of benzene rings is 2. The van der Waals surface area contributed by atoms with E-state index in [0.29, 0.717) is 22.7 Å². The fourth-order valence-corrected chi connectivity index (χ4v) is 5.10. The maximum Gasteiger partial charge on any atom is 0.332 e. The molecule has 0 aliphatic carbocycles. The number of esters is 1. The van der Waals surface area contributed by atoms with Crippen LogP contribution in [0.4, 0.5) is 5.69 Å². The van der Waals surface area contributed by atoms with Gasteiger partial charge in [0.15, 0.2) is 0 Å². The highest BCUT2D eigenvalue weighted by Gasteiger charge is 2.36. The van der Waals surface area contributed by atoms with Gasteiger partial charge in [-0.3, -0.25) is 14.2 Å². The number of hydrogen-bond acceptors (Lipinski definition) is 9. The largest absolute Gasteiger partial charge is 0.497 e. The van der Waals surface area contributed by atoms with Crippen molar-refractivity contribution in [1.29, 1.82) is 5.26 Å². The molecule has 10 nitrogen and oxygen atoms in total. The van der Waals surface area contributed by atoms with Gasteiger partial charge in [-0.2, -0.15) is 5.26 Å². The highest BCUT2D eigenvalue weighted by molar-refractivity contribution is 7.07. The number of fused-ring (bicyclic) bond motifs is 1. The Bertz CT molecular complexity index is 1640. The minimum atomic E-state index is -0.914. The van der Waals surface area contributed by atoms with E-state index < -0.39 is 23.4 Å². The Balaban J connectivity index is 0.00000400. The average Bonchev–Trinajstić information content (AvgIpc) is 3.24. The van der Waals surface area contributed by atoms with Crippen LogP contribution >= 0.6 is 11.3 Å². The molecule has 0 radical (unpaired) electrons. The number of nitrogens with two attached hydrogens (primary N) is 1. The lowest BCUT2D eigenvalue weighted by molar-refractivity contribution is -0.133. The summed E-state index contributed by atoms with van der Waals surface area (Å²) in [6.07, 6.45) is 1.02. The molecule has 0 saturated carbocycles. The van der Waals surface area contributed by atoms with Gasteiger partial charge in [0, 0.05) is 11.8 Å². The number of thiazole rings is 1. The molecule has 196 valence electrons. The number of nitriles is 1. The number of aromatic nitrogens is 1. The molecule has 0 spiro atoms. The molecule has 4 rings (SSSR count). The Morgan fingerprint density at radius 1 is 1.11 bits per heavy atom. The zero-order valence-electron chi connectivity index (χ0n) is 20.1. The van der Waals surface area contributed by atoms with Crippen LogP contribution in [-0.4, -0.2) is 37.8 Å². The van der Waals surface area contributed by atoms with Crippen LogP contribution in [0.3, 0.4) is 0 Å². The van der Waals surface area contributed by atoms with Crippen molar-refractivity contribution in [3.63, 3.8) is 0 Å². The maximum absolute atomic E-state index is 13.8. The van der Waals surface area contributed by atoms with Crippen LogP contribution < -0.4 is 35.3 Å². The topological polar surface area (TPSA) is 146 Å². The molecule has 1 unspecified atom stereocenters. The first-order valence-electron chi connectivity index (χ1n) is 10.9. The van der Waals surface area contributed by atoms with E-state index in [2.05, 4.69) is 16.1 Å². The Morgan fingerprint density at radius 3 is 2.39 bits per heavy atom. The van der Waals surface area contributed by atoms with Gasteiger partial charge in [0.05, 0.1) is 44.5 Å². The summed E-state index contributed by atoms with van der Waals surface area (Å²) in [7, 11) is 4.22. The zero-order valence-corrected chi connectivity index (χ0v) is 20.9. The molecule has 1 aromatic heterocycles. The monoisotopic (exact) mass is 534 g/mol. The fourth-order valence-electron chi connectivity index (χ4n) is 3.96. The molecular formula is C27H26N4O6S.